The SMILES string of the molecule is CC.CC(Cc1ccccc1)c1nc(CN(C)C(=O)N[C@H](C(=O)O)C(C)C)cs1. The van der Waals surface area contributed by atoms with E-state index in [1.807, 2.05) is 37.4 Å². The first-order chi connectivity index (χ1) is 13.8. The highest BCUT2D eigenvalue weighted by molar-refractivity contribution is 7.09. The van der Waals surface area contributed by atoms with Crippen LogP contribution in [-0.4, -0.2) is 40.1 Å². The average molecular weight is 420 g/mol. The number of urea groups is 1. The van der Waals surface area contributed by atoms with Crippen molar-refractivity contribution in [2.75, 3.05) is 7.05 Å². The maximum Gasteiger partial charge on any atom is 0.326 e. The predicted octanol–water partition coefficient (Wildman–Crippen LogP) is 4.77. The summed E-state index contributed by atoms with van der Waals surface area (Å²) in [5.74, 6) is -0.926. The van der Waals surface area contributed by atoms with Crippen molar-refractivity contribution in [3.63, 3.8) is 0 Å². The number of amides is 2. The molecule has 2 atom stereocenters. The van der Waals surface area contributed by atoms with Crippen molar-refractivity contribution < 1.29 is 14.7 Å². The zero-order chi connectivity index (χ0) is 22.0. The second-order valence-corrected chi connectivity index (χ2v) is 8.02. The average Bonchev–Trinajstić information content (AvgIpc) is 3.16. The van der Waals surface area contributed by atoms with Gasteiger partial charge in [0.1, 0.15) is 6.04 Å². The summed E-state index contributed by atoms with van der Waals surface area (Å²) in [5.41, 5.74) is 2.08. The summed E-state index contributed by atoms with van der Waals surface area (Å²) in [4.78, 5) is 29.6. The van der Waals surface area contributed by atoms with Gasteiger partial charge >= 0.3 is 12.0 Å². The topological polar surface area (TPSA) is 82.5 Å². The Hall–Kier alpha value is -2.41. The second-order valence-electron chi connectivity index (χ2n) is 7.13. The van der Waals surface area contributed by atoms with Gasteiger partial charge in [0.2, 0.25) is 0 Å². The quantitative estimate of drug-likeness (QED) is 0.646. The molecule has 0 radical (unpaired) electrons. The molecule has 0 aliphatic carbocycles. The minimum Gasteiger partial charge on any atom is -0.480 e. The van der Waals surface area contributed by atoms with Crippen molar-refractivity contribution >= 4 is 23.3 Å². The Morgan fingerprint density at radius 1 is 1.17 bits per heavy atom. The molecule has 0 spiro atoms. The van der Waals surface area contributed by atoms with E-state index in [0.29, 0.717) is 12.5 Å². The molecule has 29 heavy (non-hydrogen) atoms. The van der Waals surface area contributed by atoms with Crippen LogP contribution in [0.4, 0.5) is 4.79 Å². The number of aromatic nitrogens is 1. The summed E-state index contributed by atoms with van der Waals surface area (Å²) in [6, 6.07) is 8.97. The lowest BCUT2D eigenvalue weighted by atomic mass is 10.0. The highest BCUT2D eigenvalue weighted by Crippen LogP contribution is 2.24. The molecule has 1 heterocycles. The van der Waals surface area contributed by atoms with Crippen LogP contribution in [0.3, 0.4) is 0 Å². The largest absolute Gasteiger partial charge is 0.480 e. The van der Waals surface area contributed by atoms with Gasteiger partial charge < -0.3 is 15.3 Å². The van der Waals surface area contributed by atoms with Gasteiger partial charge in [0.15, 0.2) is 0 Å². The van der Waals surface area contributed by atoms with Gasteiger partial charge in [-0.2, -0.15) is 0 Å². The molecule has 0 saturated carbocycles. The number of hydrogen-bond donors (Lipinski definition) is 2. The third-order valence-electron chi connectivity index (χ3n) is 4.33. The number of benzene rings is 1. The van der Waals surface area contributed by atoms with Gasteiger partial charge in [0.05, 0.1) is 17.2 Å². The van der Waals surface area contributed by atoms with Crippen LogP contribution in [0.25, 0.3) is 0 Å². The summed E-state index contributed by atoms with van der Waals surface area (Å²) in [5, 5.41) is 14.8. The molecular weight excluding hydrogens is 386 g/mol. The summed E-state index contributed by atoms with van der Waals surface area (Å²) in [6.07, 6.45) is 0.915. The predicted molar refractivity (Wildman–Crippen MR) is 118 cm³/mol. The fraction of sp³-hybridized carbons (Fsp3) is 0.500. The van der Waals surface area contributed by atoms with Gasteiger partial charge in [-0.05, 0) is 17.9 Å². The molecule has 6 nitrogen and oxygen atoms in total. The number of carbonyl (C=O) groups is 2. The van der Waals surface area contributed by atoms with Gasteiger partial charge in [0, 0.05) is 18.3 Å². The molecule has 2 N–H and O–H groups in total. The van der Waals surface area contributed by atoms with Crippen LogP contribution in [0.15, 0.2) is 35.7 Å². The second kappa shape index (κ2) is 12.2. The normalized spacial score (nSPS) is 12.5. The Morgan fingerprint density at radius 3 is 2.34 bits per heavy atom. The first-order valence-corrected chi connectivity index (χ1v) is 10.9. The van der Waals surface area contributed by atoms with E-state index in [2.05, 4.69) is 29.4 Å². The number of carboxylic acids is 1. The number of carboxylic acid groups (broad SMARTS) is 1. The number of thiazole rings is 1. The van der Waals surface area contributed by atoms with E-state index in [1.165, 1.54) is 10.5 Å². The first-order valence-electron chi connectivity index (χ1n) is 10.0. The molecule has 2 rings (SSSR count). The van der Waals surface area contributed by atoms with Crippen molar-refractivity contribution in [1.82, 2.24) is 15.2 Å². The Labute approximate surface area is 178 Å². The van der Waals surface area contributed by atoms with Crippen LogP contribution in [0.1, 0.15) is 56.8 Å². The molecule has 2 amide bonds. The molecule has 1 unspecified atom stereocenters. The zero-order valence-corrected chi connectivity index (χ0v) is 19.0. The summed E-state index contributed by atoms with van der Waals surface area (Å²) in [7, 11) is 1.64. The third kappa shape index (κ3) is 7.85. The number of nitrogens with one attached hydrogen (secondary N) is 1. The van der Waals surface area contributed by atoms with Gasteiger partial charge in [-0.15, -0.1) is 11.3 Å². The molecule has 1 aromatic heterocycles. The van der Waals surface area contributed by atoms with E-state index >= 15 is 0 Å². The van der Waals surface area contributed by atoms with Crippen LogP contribution >= 0.6 is 11.3 Å². The molecule has 0 bridgehead atoms. The minimum atomic E-state index is -1.03. The van der Waals surface area contributed by atoms with E-state index in [0.717, 1.165) is 17.1 Å². The lowest BCUT2D eigenvalue weighted by Crippen LogP contribution is -2.48. The fourth-order valence-corrected chi connectivity index (χ4v) is 3.62. The first kappa shape index (κ1) is 24.6. The highest BCUT2D eigenvalue weighted by atomic mass is 32.1. The van der Waals surface area contributed by atoms with Crippen LogP contribution in [0, 0.1) is 5.92 Å². The Kier molecular flexibility index (Phi) is 10.4. The Balaban J connectivity index is 0.00000204. The van der Waals surface area contributed by atoms with E-state index < -0.39 is 18.0 Å². The van der Waals surface area contributed by atoms with E-state index in [1.54, 1.807) is 32.2 Å². The lowest BCUT2D eigenvalue weighted by Gasteiger charge is -2.22. The van der Waals surface area contributed by atoms with Crippen molar-refractivity contribution in [2.24, 2.45) is 5.92 Å². The highest BCUT2D eigenvalue weighted by Gasteiger charge is 2.25. The molecule has 0 saturated heterocycles. The molecular formula is C22H33N3O3S. The number of hydrogen-bond acceptors (Lipinski definition) is 4. The van der Waals surface area contributed by atoms with Crippen LogP contribution in [0.5, 0.6) is 0 Å². The van der Waals surface area contributed by atoms with Crippen LogP contribution in [0.2, 0.25) is 0 Å². The molecule has 2 aromatic rings. The summed E-state index contributed by atoms with van der Waals surface area (Å²) < 4.78 is 0. The van der Waals surface area contributed by atoms with Crippen molar-refractivity contribution in [3.05, 3.63) is 52.0 Å². The van der Waals surface area contributed by atoms with Gasteiger partial charge in [-0.3, -0.25) is 0 Å². The smallest absolute Gasteiger partial charge is 0.326 e. The van der Waals surface area contributed by atoms with E-state index in [4.69, 9.17) is 0 Å². The van der Waals surface area contributed by atoms with Gasteiger partial charge in [-0.1, -0.05) is 65.0 Å². The van der Waals surface area contributed by atoms with Gasteiger partial charge in [0.25, 0.3) is 0 Å². The third-order valence-corrected chi connectivity index (χ3v) is 5.46. The number of rotatable bonds is 8. The summed E-state index contributed by atoms with van der Waals surface area (Å²) >= 11 is 1.59. The van der Waals surface area contributed by atoms with E-state index in [-0.39, 0.29) is 5.92 Å². The zero-order valence-electron chi connectivity index (χ0n) is 18.2. The van der Waals surface area contributed by atoms with Crippen molar-refractivity contribution in [2.45, 2.75) is 59.5 Å². The monoisotopic (exact) mass is 419 g/mol. The van der Waals surface area contributed by atoms with Crippen LogP contribution < -0.4 is 5.32 Å². The molecule has 0 aliphatic heterocycles. The molecule has 7 heteroatoms. The molecule has 160 valence electrons. The fourth-order valence-electron chi connectivity index (χ4n) is 2.75. The summed E-state index contributed by atoms with van der Waals surface area (Å²) in [6.45, 7) is 10.0. The van der Waals surface area contributed by atoms with Crippen LogP contribution in [-0.2, 0) is 17.8 Å². The molecule has 0 fully saturated rings. The maximum atomic E-state index is 12.3. The molecule has 0 aliphatic rings. The standard InChI is InChI=1S/C20H27N3O3S.C2H6/c1-13(2)17(19(24)25)22-20(26)23(4)11-16-12-27-18(21-16)14(3)10-15-8-6-5-7-9-15;1-2/h5-9,12-14,17H,10-11H2,1-4H3,(H,22,26)(H,24,25);1-2H3/t14?,17-;/m0./s1. The molecule has 1 aromatic carbocycles. The van der Waals surface area contributed by atoms with Crippen molar-refractivity contribution in [1.29, 1.82) is 0 Å². The Morgan fingerprint density at radius 2 is 1.79 bits per heavy atom. The van der Waals surface area contributed by atoms with E-state index in [9.17, 15) is 14.7 Å². The van der Waals surface area contributed by atoms with Crippen molar-refractivity contribution in [3.8, 4) is 0 Å². The minimum absolute atomic E-state index is 0.190. The number of nitrogens with zero attached hydrogens (tertiary/aromatic N) is 2. The maximum absolute atomic E-state index is 12.3. The number of aliphatic carboxylic acids is 1. The van der Waals surface area contributed by atoms with Gasteiger partial charge in [-0.25, -0.2) is 14.6 Å². The Bertz CT molecular complexity index is 762. The lowest BCUT2D eigenvalue weighted by molar-refractivity contribution is -0.140. The number of carbonyl (C=O) groups excluding carboxylic acids is 1.